The molecule has 0 spiro atoms. The van der Waals surface area contributed by atoms with Crippen LogP contribution in [0.2, 0.25) is 0 Å². The topological polar surface area (TPSA) is 71.4 Å². The van der Waals surface area contributed by atoms with Gasteiger partial charge in [0.05, 0.1) is 25.0 Å². The number of nitrogens with one attached hydrogen (secondary N) is 2. The van der Waals surface area contributed by atoms with Gasteiger partial charge in [0.15, 0.2) is 0 Å². The minimum Gasteiger partial charge on any atom is -0.495 e. The Morgan fingerprint density at radius 2 is 2.04 bits per heavy atom. The standard InChI is InChI=1S/C20H29N5O2S/c1-15(14-28-3)24-12-9-16(10-13-24)25-19(8-11-21-25)23-20(26)22-17-6-4-5-7-18(17)27-2/h4-8,11,15-16H,9-10,12-14H2,1-3H3,(H2,22,23,26)/t15-/m1/s1. The van der Waals surface area contributed by atoms with Crippen LogP contribution in [-0.2, 0) is 0 Å². The van der Waals surface area contributed by atoms with Crippen LogP contribution in [0.25, 0.3) is 0 Å². The first-order valence-corrected chi connectivity index (χ1v) is 11.0. The zero-order valence-corrected chi connectivity index (χ0v) is 17.5. The number of benzene rings is 1. The smallest absolute Gasteiger partial charge is 0.324 e. The highest BCUT2D eigenvalue weighted by atomic mass is 32.2. The Bertz CT molecular complexity index is 773. The molecule has 1 aromatic heterocycles. The lowest BCUT2D eigenvalue weighted by atomic mass is 10.0. The molecule has 0 saturated carbocycles. The van der Waals surface area contributed by atoms with Crippen molar-refractivity contribution in [2.24, 2.45) is 0 Å². The average Bonchev–Trinajstić information content (AvgIpc) is 3.16. The van der Waals surface area contributed by atoms with E-state index in [1.54, 1.807) is 19.4 Å². The Kier molecular flexibility index (Phi) is 7.22. The van der Waals surface area contributed by atoms with Gasteiger partial charge in [-0.25, -0.2) is 9.48 Å². The predicted molar refractivity (Wildman–Crippen MR) is 116 cm³/mol. The molecule has 1 atom stereocenters. The van der Waals surface area contributed by atoms with Gasteiger partial charge in [0, 0.05) is 31.0 Å². The van der Waals surface area contributed by atoms with Crippen molar-refractivity contribution in [2.75, 3.05) is 42.8 Å². The lowest BCUT2D eigenvalue weighted by Gasteiger charge is -2.36. The number of ether oxygens (including phenoxy) is 1. The molecule has 2 aromatic rings. The molecule has 1 aliphatic heterocycles. The van der Waals surface area contributed by atoms with Crippen LogP contribution in [0.15, 0.2) is 36.5 Å². The number of amides is 2. The second-order valence-corrected chi connectivity index (χ2v) is 7.92. The number of para-hydroxylation sites is 2. The number of piperidine rings is 1. The summed E-state index contributed by atoms with van der Waals surface area (Å²) in [6.45, 7) is 4.40. The van der Waals surface area contributed by atoms with Crippen molar-refractivity contribution < 1.29 is 9.53 Å². The van der Waals surface area contributed by atoms with E-state index in [2.05, 4.69) is 33.8 Å². The van der Waals surface area contributed by atoms with Crippen molar-refractivity contribution in [2.45, 2.75) is 31.8 Å². The van der Waals surface area contributed by atoms with Crippen LogP contribution in [0, 0.1) is 0 Å². The summed E-state index contributed by atoms with van der Waals surface area (Å²) >= 11 is 1.89. The first-order chi connectivity index (χ1) is 13.6. The monoisotopic (exact) mass is 403 g/mol. The normalized spacial score (nSPS) is 16.5. The summed E-state index contributed by atoms with van der Waals surface area (Å²) in [4.78, 5) is 15.0. The molecular weight excluding hydrogens is 374 g/mol. The Hall–Kier alpha value is -2.19. The van der Waals surface area contributed by atoms with E-state index >= 15 is 0 Å². The Morgan fingerprint density at radius 1 is 1.29 bits per heavy atom. The maximum Gasteiger partial charge on any atom is 0.324 e. The molecule has 3 rings (SSSR count). The molecule has 2 N–H and O–H groups in total. The number of urea groups is 1. The highest BCUT2D eigenvalue weighted by Crippen LogP contribution is 2.27. The lowest BCUT2D eigenvalue weighted by Crippen LogP contribution is -2.41. The summed E-state index contributed by atoms with van der Waals surface area (Å²) in [7, 11) is 1.58. The van der Waals surface area contributed by atoms with Gasteiger partial charge in [-0.05, 0) is 38.2 Å². The van der Waals surface area contributed by atoms with Crippen LogP contribution in [0.4, 0.5) is 16.3 Å². The number of hydrogen-bond donors (Lipinski definition) is 2. The SMILES string of the molecule is COc1ccccc1NC(=O)Nc1ccnn1C1CCN([C@H](C)CSC)CC1. The fourth-order valence-electron chi connectivity index (χ4n) is 3.64. The van der Waals surface area contributed by atoms with Crippen LogP contribution >= 0.6 is 11.8 Å². The summed E-state index contributed by atoms with van der Waals surface area (Å²) in [5.74, 6) is 2.49. The molecule has 1 saturated heterocycles. The Labute approximate surface area is 170 Å². The van der Waals surface area contributed by atoms with E-state index in [-0.39, 0.29) is 6.03 Å². The molecule has 152 valence electrons. The quantitative estimate of drug-likeness (QED) is 0.733. The third kappa shape index (κ3) is 4.99. The molecule has 0 unspecified atom stereocenters. The zero-order valence-electron chi connectivity index (χ0n) is 16.7. The maximum atomic E-state index is 12.5. The van der Waals surface area contributed by atoms with Crippen molar-refractivity contribution in [1.82, 2.24) is 14.7 Å². The fourth-order valence-corrected chi connectivity index (χ4v) is 4.33. The summed E-state index contributed by atoms with van der Waals surface area (Å²) < 4.78 is 7.22. The van der Waals surface area contributed by atoms with E-state index in [0.29, 0.717) is 29.3 Å². The first kappa shape index (κ1) is 20.5. The highest BCUT2D eigenvalue weighted by Gasteiger charge is 2.25. The summed E-state index contributed by atoms with van der Waals surface area (Å²) in [5, 5.41) is 10.2. The molecule has 1 aliphatic rings. The van der Waals surface area contributed by atoms with E-state index in [4.69, 9.17) is 4.74 Å². The molecule has 2 amide bonds. The van der Waals surface area contributed by atoms with Crippen LogP contribution in [0.3, 0.4) is 0 Å². The van der Waals surface area contributed by atoms with Gasteiger partial charge in [0.2, 0.25) is 0 Å². The Balaban J connectivity index is 1.59. The molecule has 0 aliphatic carbocycles. The number of aromatic nitrogens is 2. The molecule has 8 heteroatoms. The van der Waals surface area contributed by atoms with Gasteiger partial charge in [-0.2, -0.15) is 16.9 Å². The van der Waals surface area contributed by atoms with Gasteiger partial charge >= 0.3 is 6.03 Å². The molecule has 7 nitrogen and oxygen atoms in total. The Morgan fingerprint density at radius 3 is 2.75 bits per heavy atom. The van der Waals surface area contributed by atoms with E-state index in [9.17, 15) is 4.79 Å². The van der Waals surface area contributed by atoms with Gasteiger partial charge in [0.25, 0.3) is 0 Å². The van der Waals surface area contributed by atoms with E-state index in [0.717, 1.165) is 31.7 Å². The van der Waals surface area contributed by atoms with Gasteiger partial charge < -0.3 is 10.1 Å². The number of anilines is 2. The van der Waals surface area contributed by atoms with E-state index in [1.165, 1.54) is 0 Å². The highest BCUT2D eigenvalue weighted by molar-refractivity contribution is 7.98. The molecule has 1 aromatic carbocycles. The largest absolute Gasteiger partial charge is 0.495 e. The van der Waals surface area contributed by atoms with Crippen LogP contribution in [-0.4, -0.2) is 59.0 Å². The van der Waals surface area contributed by atoms with Gasteiger partial charge in [-0.1, -0.05) is 12.1 Å². The molecular formula is C20H29N5O2S. The fraction of sp³-hybridized carbons (Fsp3) is 0.500. The summed E-state index contributed by atoms with van der Waals surface area (Å²) in [6, 6.07) is 9.76. The molecule has 28 heavy (non-hydrogen) atoms. The predicted octanol–water partition coefficient (Wildman–Crippen LogP) is 3.92. The minimum atomic E-state index is -0.308. The van der Waals surface area contributed by atoms with Gasteiger partial charge in [-0.15, -0.1) is 0 Å². The molecule has 1 fully saturated rings. The summed E-state index contributed by atoms with van der Waals surface area (Å²) in [6.07, 6.45) is 5.95. The zero-order chi connectivity index (χ0) is 19.9. The van der Waals surface area contributed by atoms with Crippen molar-refractivity contribution >= 4 is 29.3 Å². The van der Waals surface area contributed by atoms with Crippen LogP contribution < -0.4 is 15.4 Å². The van der Waals surface area contributed by atoms with Crippen molar-refractivity contribution in [3.8, 4) is 5.75 Å². The van der Waals surface area contributed by atoms with E-state index < -0.39 is 0 Å². The number of likely N-dealkylation sites (tertiary alicyclic amines) is 1. The van der Waals surface area contributed by atoms with Gasteiger partial charge in [0.1, 0.15) is 11.6 Å². The van der Waals surface area contributed by atoms with Crippen LogP contribution in [0.5, 0.6) is 5.75 Å². The van der Waals surface area contributed by atoms with Gasteiger partial charge in [-0.3, -0.25) is 10.2 Å². The second kappa shape index (κ2) is 9.84. The first-order valence-electron chi connectivity index (χ1n) is 9.60. The summed E-state index contributed by atoms with van der Waals surface area (Å²) in [5.41, 5.74) is 0.629. The number of nitrogens with zero attached hydrogens (tertiary/aromatic N) is 3. The number of carbonyl (C=O) groups excluding carboxylic acids is 1. The number of carbonyl (C=O) groups is 1. The molecule has 2 heterocycles. The third-order valence-corrected chi connectivity index (χ3v) is 5.96. The maximum absolute atomic E-state index is 12.5. The third-order valence-electron chi connectivity index (χ3n) is 5.14. The van der Waals surface area contributed by atoms with Crippen LogP contribution in [0.1, 0.15) is 25.8 Å². The van der Waals surface area contributed by atoms with Crippen molar-refractivity contribution in [3.05, 3.63) is 36.5 Å². The number of rotatable bonds is 7. The average molecular weight is 404 g/mol. The number of hydrogen-bond acceptors (Lipinski definition) is 5. The second-order valence-electron chi connectivity index (χ2n) is 7.01. The van der Waals surface area contributed by atoms with E-state index in [1.807, 2.05) is 40.7 Å². The molecule has 0 radical (unpaired) electrons. The number of methoxy groups -OCH3 is 1. The van der Waals surface area contributed by atoms with Crippen molar-refractivity contribution in [3.63, 3.8) is 0 Å². The number of thioether (sulfide) groups is 1. The molecule has 0 bridgehead atoms. The lowest BCUT2D eigenvalue weighted by molar-refractivity contribution is 0.150. The van der Waals surface area contributed by atoms with Crippen molar-refractivity contribution in [1.29, 1.82) is 0 Å². The minimum absolute atomic E-state index is 0.300.